The number of aliphatic hydroxyl groups is 1. The Morgan fingerprint density at radius 2 is 1.27 bits per heavy atom. The summed E-state index contributed by atoms with van der Waals surface area (Å²) < 4.78 is 0. The van der Waals surface area contributed by atoms with Crippen molar-refractivity contribution >= 4 is 17.9 Å². The Morgan fingerprint density at radius 1 is 1.00 bits per heavy atom. The number of carboxylic acids is 3. The summed E-state index contributed by atoms with van der Waals surface area (Å²) in [5.74, 6) is -5.98. The van der Waals surface area contributed by atoms with Crippen LogP contribution in [0.25, 0.3) is 0 Å². The predicted octanol–water partition coefficient (Wildman–Crippen LogP) is -4.88. The van der Waals surface area contributed by atoms with Crippen molar-refractivity contribution in [3.8, 4) is 0 Å². The van der Waals surface area contributed by atoms with E-state index in [9.17, 15) is 29.7 Å². The summed E-state index contributed by atoms with van der Waals surface area (Å²) >= 11 is 0. The summed E-state index contributed by atoms with van der Waals surface area (Å²) in [6, 6.07) is 0. The van der Waals surface area contributed by atoms with Gasteiger partial charge in [-0.15, -0.1) is 0 Å². The average Bonchev–Trinajstić information content (AvgIpc) is 1.82. The molecule has 8 nitrogen and oxygen atoms in total. The van der Waals surface area contributed by atoms with Crippen LogP contribution in [-0.2, 0) is 35.4 Å². The van der Waals surface area contributed by atoms with Crippen molar-refractivity contribution in [1.29, 1.82) is 0 Å². The average molecular weight is 391 g/mol. The van der Waals surface area contributed by atoms with E-state index in [1.807, 2.05) is 0 Å². The summed E-state index contributed by atoms with van der Waals surface area (Å²) in [7, 11) is 0. The van der Waals surface area contributed by atoms with Crippen LogP contribution in [0, 0.1) is 0 Å². The SMILES string of the molecule is O=C([O-])CC(O)(CC(=O)[O-])C(=O)[O-].[NH4+].[W+2]. The van der Waals surface area contributed by atoms with E-state index in [4.69, 9.17) is 5.11 Å². The van der Waals surface area contributed by atoms with Crippen molar-refractivity contribution < 1.29 is 55.9 Å². The summed E-state index contributed by atoms with van der Waals surface area (Å²) in [6.07, 6.45) is -2.72. The maximum absolute atomic E-state index is 10.1. The van der Waals surface area contributed by atoms with Crippen LogP contribution >= 0.6 is 0 Å². The van der Waals surface area contributed by atoms with Crippen LogP contribution in [0.5, 0.6) is 0 Å². The minimum absolute atomic E-state index is 0. The number of carbonyl (C=O) groups excluding carboxylic acids is 3. The molecule has 86 valence electrons. The van der Waals surface area contributed by atoms with Gasteiger partial charge in [-0.25, -0.2) is 0 Å². The molecule has 0 radical (unpaired) electrons. The van der Waals surface area contributed by atoms with Crippen LogP contribution in [0.1, 0.15) is 12.8 Å². The number of hydrogen-bond acceptors (Lipinski definition) is 7. The monoisotopic (exact) mass is 391 g/mol. The molecule has 0 spiro atoms. The van der Waals surface area contributed by atoms with Crippen LogP contribution in [0.3, 0.4) is 0 Å². The Bertz CT molecular complexity index is 238. The fourth-order valence-corrected chi connectivity index (χ4v) is 0.684. The second-order valence-corrected chi connectivity index (χ2v) is 2.42. The molecule has 0 unspecified atom stereocenters. The molecular weight excluding hydrogens is 382 g/mol. The van der Waals surface area contributed by atoms with Gasteiger partial charge in [0.2, 0.25) is 0 Å². The van der Waals surface area contributed by atoms with E-state index >= 15 is 0 Å². The molecular formula is C6H9NO7W. The van der Waals surface area contributed by atoms with Crippen molar-refractivity contribution in [3.63, 3.8) is 0 Å². The number of hydrogen-bond donors (Lipinski definition) is 2. The minimum atomic E-state index is -2.97. The molecule has 0 atom stereocenters. The first-order valence-electron chi connectivity index (χ1n) is 3.11. The number of quaternary nitrogens is 1. The maximum atomic E-state index is 10.1. The van der Waals surface area contributed by atoms with Crippen molar-refractivity contribution in [1.82, 2.24) is 6.15 Å². The van der Waals surface area contributed by atoms with Gasteiger partial charge in [-0.05, 0) is 0 Å². The molecule has 0 aliphatic rings. The molecule has 5 N–H and O–H groups in total. The van der Waals surface area contributed by atoms with Crippen LogP contribution in [-0.4, -0.2) is 28.6 Å². The summed E-state index contributed by atoms with van der Waals surface area (Å²) in [6.45, 7) is 0. The van der Waals surface area contributed by atoms with E-state index in [-0.39, 0.29) is 27.2 Å². The van der Waals surface area contributed by atoms with Crippen molar-refractivity contribution in [2.75, 3.05) is 0 Å². The number of aliphatic carboxylic acids is 3. The van der Waals surface area contributed by atoms with Gasteiger partial charge in [-0.2, -0.15) is 0 Å². The van der Waals surface area contributed by atoms with E-state index in [2.05, 4.69) is 0 Å². The zero-order valence-corrected chi connectivity index (χ0v) is 10.7. The van der Waals surface area contributed by atoms with Gasteiger partial charge in [0.15, 0.2) is 0 Å². The molecule has 0 aromatic rings. The van der Waals surface area contributed by atoms with Crippen LogP contribution < -0.4 is 21.5 Å². The topological polar surface area (TPSA) is 177 Å². The number of carbonyl (C=O) groups is 3. The Labute approximate surface area is 98.7 Å². The molecule has 0 aliphatic heterocycles. The second-order valence-electron chi connectivity index (χ2n) is 2.42. The fourth-order valence-electron chi connectivity index (χ4n) is 0.684. The molecule has 0 fully saturated rings. The summed E-state index contributed by atoms with van der Waals surface area (Å²) in [5.41, 5.74) is -2.97. The second kappa shape index (κ2) is 7.33. The normalized spacial score (nSPS) is 9.40. The molecule has 9 heteroatoms. The molecule has 0 amide bonds. The third kappa shape index (κ3) is 7.01. The first-order chi connectivity index (χ1) is 5.78. The molecule has 0 aromatic heterocycles. The number of carboxylic acid groups (broad SMARTS) is 3. The van der Waals surface area contributed by atoms with Gasteiger partial charge in [0.05, 0.1) is 5.97 Å². The zero-order chi connectivity index (χ0) is 10.6. The predicted molar refractivity (Wildman–Crippen MR) is 35.2 cm³/mol. The Hall–Kier alpha value is -0.982. The first kappa shape index (κ1) is 19.6. The van der Waals surface area contributed by atoms with Crippen LogP contribution in [0.2, 0.25) is 0 Å². The van der Waals surface area contributed by atoms with Gasteiger partial charge in [0.1, 0.15) is 5.60 Å². The van der Waals surface area contributed by atoms with E-state index < -0.39 is 36.4 Å². The van der Waals surface area contributed by atoms with E-state index in [0.29, 0.717) is 0 Å². The molecule has 0 rings (SSSR count). The summed E-state index contributed by atoms with van der Waals surface area (Å²) in [4.78, 5) is 30.0. The first-order valence-corrected chi connectivity index (χ1v) is 3.11. The van der Waals surface area contributed by atoms with Gasteiger partial charge in [0, 0.05) is 24.8 Å². The van der Waals surface area contributed by atoms with Gasteiger partial charge in [0.25, 0.3) is 0 Å². The van der Waals surface area contributed by atoms with E-state index in [1.54, 1.807) is 0 Å². The van der Waals surface area contributed by atoms with Gasteiger partial charge >= 0.3 is 21.1 Å². The molecule has 0 bridgehead atoms. The maximum Gasteiger partial charge on any atom is 2.00 e. The quantitative estimate of drug-likeness (QED) is 0.472. The standard InChI is InChI=1S/C6H8O7.H3N.W/c7-3(8)1-6(13,5(11)12)2-4(9)10;;/h13H,1-2H2,(H,7,8)(H,9,10)(H,11,12);1H3;/q;;+2/p-2. The fraction of sp³-hybridized carbons (Fsp3) is 0.500. The molecule has 0 heterocycles. The van der Waals surface area contributed by atoms with Gasteiger partial charge < -0.3 is 41.0 Å². The molecule has 0 aliphatic carbocycles. The third-order valence-electron chi connectivity index (χ3n) is 1.25. The number of rotatable bonds is 5. The Morgan fingerprint density at radius 3 is 1.40 bits per heavy atom. The zero-order valence-electron chi connectivity index (χ0n) is 7.72. The molecule has 0 aromatic carbocycles. The molecule has 15 heavy (non-hydrogen) atoms. The smallest absolute Gasteiger partial charge is 0.550 e. The van der Waals surface area contributed by atoms with Crippen molar-refractivity contribution in [2.45, 2.75) is 18.4 Å². The van der Waals surface area contributed by atoms with Gasteiger partial charge in [-0.3, -0.25) is 0 Å². The van der Waals surface area contributed by atoms with Crippen LogP contribution in [0.15, 0.2) is 0 Å². The van der Waals surface area contributed by atoms with E-state index in [1.165, 1.54) is 0 Å². The third-order valence-corrected chi connectivity index (χ3v) is 1.25. The Balaban J connectivity index is -0.000000720. The summed E-state index contributed by atoms with van der Waals surface area (Å²) in [5, 5.41) is 38.9. The van der Waals surface area contributed by atoms with E-state index in [0.717, 1.165) is 0 Å². The van der Waals surface area contributed by atoms with Crippen molar-refractivity contribution in [2.24, 2.45) is 0 Å². The molecule has 0 saturated heterocycles. The van der Waals surface area contributed by atoms with Crippen molar-refractivity contribution in [3.05, 3.63) is 0 Å². The van der Waals surface area contributed by atoms with Crippen LogP contribution in [0.4, 0.5) is 0 Å². The molecule has 0 saturated carbocycles. The Kier molecular flexibility index (Phi) is 9.56. The largest absolute Gasteiger partial charge is 2.00 e. The minimum Gasteiger partial charge on any atom is -0.550 e. The van der Waals surface area contributed by atoms with Gasteiger partial charge in [-0.1, -0.05) is 0 Å².